The summed E-state index contributed by atoms with van der Waals surface area (Å²) in [6, 6.07) is 8.18. The van der Waals surface area contributed by atoms with Crippen LogP contribution < -0.4 is 10.1 Å². The number of amides is 1. The molecule has 23 heavy (non-hydrogen) atoms. The molecule has 5 nitrogen and oxygen atoms in total. The van der Waals surface area contributed by atoms with Gasteiger partial charge in [0, 0.05) is 12.7 Å². The molecule has 8 heteroatoms. The number of hydrogen-bond donors (Lipinski definition) is 1. The Morgan fingerprint density at radius 3 is 2.70 bits per heavy atom. The fourth-order valence-corrected chi connectivity index (χ4v) is 1.86. The van der Waals surface area contributed by atoms with Crippen molar-refractivity contribution in [1.29, 1.82) is 0 Å². The molecule has 0 fully saturated rings. The van der Waals surface area contributed by atoms with Crippen LogP contribution in [0.25, 0.3) is 0 Å². The standard InChI is InChI=1S/C15H16F3N3O2/c1-11-4-2-3-5-12(11)23-10-14(22)19-7-9-21-8-6-13(20-21)15(16,17)18/h2-6,8H,7,9-10H2,1H3,(H,19,22). The number of carbonyl (C=O) groups excluding carboxylic acids is 1. The van der Waals surface area contributed by atoms with Gasteiger partial charge in [-0.1, -0.05) is 18.2 Å². The molecule has 2 aromatic rings. The number of carbonyl (C=O) groups is 1. The van der Waals surface area contributed by atoms with Crippen molar-refractivity contribution in [3.05, 3.63) is 47.8 Å². The van der Waals surface area contributed by atoms with Gasteiger partial charge in [-0.2, -0.15) is 18.3 Å². The van der Waals surface area contributed by atoms with Gasteiger partial charge >= 0.3 is 6.18 Å². The Morgan fingerprint density at radius 1 is 1.30 bits per heavy atom. The van der Waals surface area contributed by atoms with Crippen LogP contribution in [0.2, 0.25) is 0 Å². The number of nitrogens with one attached hydrogen (secondary N) is 1. The molecule has 0 aliphatic rings. The minimum atomic E-state index is -4.46. The third kappa shape index (κ3) is 5.01. The fourth-order valence-electron chi connectivity index (χ4n) is 1.86. The molecule has 0 atom stereocenters. The van der Waals surface area contributed by atoms with Gasteiger partial charge in [0.1, 0.15) is 5.75 Å². The second-order valence-electron chi connectivity index (χ2n) is 4.87. The highest BCUT2D eigenvalue weighted by Crippen LogP contribution is 2.27. The summed E-state index contributed by atoms with van der Waals surface area (Å²) >= 11 is 0. The van der Waals surface area contributed by atoms with Crippen molar-refractivity contribution in [1.82, 2.24) is 15.1 Å². The number of nitrogens with zero attached hydrogens (tertiary/aromatic N) is 2. The number of aromatic nitrogens is 2. The van der Waals surface area contributed by atoms with Crippen LogP contribution in [0.15, 0.2) is 36.5 Å². The van der Waals surface area contributed by atoms with Gasteiger partial charge in [-0.25, -0.2) is 0 Å². The molecule has 0 aliphatic carbocycles. The largest absolute Gasteiger partial charge is 0.484 e. The number of benzene rings is 1. The van der Waals surface area contributed by atoms with E-state index < -0.39 is 11.9 Å². The number of rotatable bonds is 6. The smallest absolute Gasteiger partial charge is 0.435 e. The summed E-state index contributed by atoms with van der Waals surface area (Å²) in [6.45, 7) is 2.02. The van der Waals surface area contributed by atoms with E-state index in [0.29, 0.717) is 5.75 Å². The molecule has 1 heterocycles. The predicted molar refractivity (Wildman–Crippen MR) is 76.9 cm³/mol. The highest BCUT2D eigenvalue weighted by Gasteiger charge is 2.33. The minimum Gasteiger partial charge on any atom is -0.484 e. The maximum Gasteiger partial charge on any atom is 0.435 e. The van der Waals surface area contributed by atoms with Gasteiger partial charge in [0.2, 0.25) is 0 Å². The molecule has 0 saturated carbocycles. The molecule has 124 valence electrons. The van der Waals surface area contributed by atoms with E-state index in [1.165, 1.54) is 6.20 Å². The van der Waals surface area contributed by atoms with Gasteiger partial charge in [-0.05, 0) is 24.6 Å². The van der Waals surface area contributed by atoms with Crippen molar-refractivity contribution >= 4 is 5.91 Å². The van der Waals surface area contributed by atoms with E-state index in [2.05, 4.69) is 10.4 Å². The molecule has 2 rings (SSSR count). The summed E-state index contributed by atoms with van der Waals surface area (Å²) in [6.07, 6.45) is -3.24. The number of aryl methyl sites for hydroxylation is 1. The van der Waals surface area contributed by atoms with Crippen molar-refractivity contribution in [2.45, 2.75) is 19.6 Å². The SMILES string of the molecule is Cc1ccccc1OCC(=O)NCCn1ccc(C(F)(F)F)n1. The van der Waals surface area contributed by atoms with Gasteiger partial charge in [0.05, 0.1) is 6.54 Å². The van der Waals surface area contributed by atoms with Crippen LogP contribution in [-0.4, -0.2) is 28.8 Å². The van der Waals surface area contributed by atoms with E-state index in [9.17, 15) is 18.0 Å². The topological polar surface area (TPSA) is 56.1 Å². The summed E-state index contributed by atoms with van der Waals surface area (Å²) in [5, 5.41) is 5.96. The van der Waals surface area contributed by atoms with Crippen LogP contribution in [0, 0.1) is 6.92 Å². The Kier molecular flexibility index (Phi) is 5.25. The van der Waals surface area contributed by atoms with E-state index >= 15 is 0 Å². The van der Waals surface area contributed by atoms with Gasteiger partial charge in [0.15, 0.2) is 12.3 Å². The molecule has 1 amide bonds. The lowest BCUT2D eigenvalue weighted by atomic mass is 10.2. The van der Waals surface area contributed by atoms with Crippen molar-refractivity contribution in [3.8, 4) is 5.75 Å². The van der Waals surface area contributed by atoms with Crippen molar-refractivity contribution in [3.63, 3.8) is 0 Å². The molecule has 0 saturated heterocycles. The lowest BCUT2D eigenvalue weighted by Crippen LogP contribution is -2.31. The van der Waals surface area contributed by atoms with Gasteiger partial charge in [-0.15, -0.1) is 0 Å². The maximum absolute atomic E-state index is 12.4. The summed E-state index contributed by atoms with van der Waals surface area (Å²) in [7, 11) is 0. The minimum absolute atomic E-state index is 0.145. The fraction of sp³-hybridized carbons (Fsp3) is 0.333. The van der Waals surface area contributed by atoms with Crippen molar-refractivity contribution in [2.75, 3.05) is 13.2 Å². The maximum atomic E-state index is 12.4. The van der Waals surface area contributed by atoms with E-state index in [1.807, 2.05) is 19.1 Å². The summed E-state index contributed by atoms with van der Waals surface area (Å²) in [4.78, 5) is 11.6. The molecule has 1 aromatic carbocycles. The normalized spacial score (nSPS) is 11.3. The summed E-state index contributed by atoms with van der Waals surface area (Å²) in [5.41, 5.74) is -0.0387. The van der Waals surface area contributed by atoms with Crippen LogP contribution in [-0.2, 0) is 17.5 Å². The Balaban J connectivity index is 1.73. The molecular formula is C15H16F3N3O2. The first kappa shape index (κ1) is 16.9. The lowest BCUT2D eigenvalue weighted by Gasteiger charge is -2.09. The first-order valence-corrected chi connectivity index (χ1v) is 6.92. The second kappa shape index (κ2) is 7.17. The summed E-state index contributed by atoms with van der Waals surface area (Å²) in [5.74, 6) is 0.265. The predicted octanol–water partition coefficient (Wildman–Crippen LogP) is 2.41. The number of hydrogen-bond acceptors (Lipinski definition) is 3. The van der Waals surface area contributed by atoms with Crippen LogP contribution in [0.3, 0.4) is 0 Å². The number of ether oxygens (including phenoxy) is 1. The van der Waals surface area contributed by atoms with Gasteiger partial charge < -0.3 is 10.1 Å². The zero-order valence-corrected chi connectivity index (χ0v) is 12.4. The Bertz CT molecular complexity index is 668. The molecule has 0 unspecified atom stereocenters. The third-order valence-corrected chi connectivity index (χ3v) is 3.05. The zero-order chi connectivity index (χ0) is 16.9. The van der Waals surface area contributed by atoms with Crippen LogP contribution in [0.5, 0.6) is 5.75 Å². The molecule has 0 aliphatic heterocycles. The van der Waals surface area contributed by atoms with Gasteiger partial charge in [0.25, 0.3) is 5.91 Å². The molecule has 0 spiro atoms. The Hall–Kier alpha value is -2.51. The quantitative estimate of drug-likeness (QED) is 0.886. The van der Waals surface area contributed by atoms with Crippen molar-refractivity contribution < 1.29 is 22.7 Å². The van der Waals surface area contributed by atoms with E-state index in [4.69, 9.17) is 4.74 Å². The zero-order valence-electron chi connectivity index (χ0n) is 12.4. The van der Waals surface area contributed by atoms with E-state index in [1.54, 1.807) is 12.1 Å². The Labute approximate surface area is 131 Å². The molecule has 0 bridgehead atoms. The first-order valence-electron chi connectivity index (χ1n) is 6.92. The average Bonchev–Trinajstić information content (AvgIpc) is 2.95. The summed E-state index contributed by atoms with van der Waals surface area (Å²) < 4.78 is 43.6. The van der Waals surface area contributed by atoms with Gasteiger partial charge in [-0.3, -0.25) is 9.48 Å². The van der Waals surface area contributed by atoms with Crippen LogP contribution in [0.4, 0.5) is 13.2 Å². The highest BCUT2D eigenvalue weighted by molar-refractivity contribution is 5.77. The van der Waals surface area contributed by atoms with Crippen molar-refractivity contribution in [2.24, 2.45) is 0 Å². The molecule has 0 radical (unpaired) electrons. The van der Waals surface area contributed by atoms with Crippen LogP contribution >= 0.6 is 0 Å². The third-order valence-electron chi connectivity index (χ3n) is 3.05. The number of para-hydroxylation sites is 1. The molecule has 1 aromatic heterocycles. The lowest BCUT2D eigenvalue weighted by molar-refractivity contribution is -0.141. The molecular weight excluding hydrogens is 311 g/mol. The van der Waals surface area contributed by atoms with E-state index in [-0.39, 0.29) is 25.6 Å². The Morgan fingerprint density at radius 2 is 2.04 bits per heavy atom. The highest BCUT2D eigenvalue weighted by atomic mass is 19.4. The van der Waals surface area contributed by atoms with Crippen LogP contribution in [0.1, 0.15) is 11.3 Å². The average molecular weight is 327 g/mol. The van der Waals surface area contributed by atoms with E-state index in [0.717, 1.165) is 16.3 Å². The first-order chi connectivity index (χ1) is 10.9. The number of halogens is 3. The monoisotopic (exact) mass is 327 g/mol. The second-order valence-corrected chi connectivity index (χ2v) is 4.87. The number of alkyl halides is 3. The molecule has 1 N–H and O–H groups in total.